The molecule has 0 radical (unpaired) electrons. The number of hydrogen-bond donors (Lipinski definition) is 0. The van der Waals surface area contributed by atoms with Gasteiger partial charge in [-0.1, -0.05) is 18.2 Å². The summed E-state index contributed by atoms with van der Waals surface area (Å²) >= 11 is 1.69. The third kappa shape index (κ3) is 1.27. The van der Waals surface area contributed by atoms with Gasteiger partial charge in [-0.15, -0.1) is 11.8 Å². The van der Waals surface area contributed by atoms with Crippen LogP contribution < -0.4 is 0 Å². The lowest BCUT2D eigenvalue weighted by atomic mass is 10.1. The summed E-state index contributed by atoms with van der Waals surface area (Å²) in [6, 6.07) is 8.24. The summed E-state index contributed by atoms with van der Waals surface area (Å²) in [5, 5.41) is 0.169. The first-order chi connectivity index (χ1) is 5.77. The molecule has 1 atom stereocenters. The molecule has 0 aliphatic carbocycles. The van der Waals surface area contributed by atoms with Crippen molar-refractivity contribution in [1.29, 1.82) is 0 Å². The minimum atomic E-state index is 0.169. The summed E-state index contributed by atoms with van der Waals surface area (Å²) in [4.78, 5) is 12.4. The van der Waals surface area contributed by atoms with E-state index in [0.717, 1.165) is 6.42 Å². The van der Waals surface area contributed by atoms with Gasteiger partial charge in [0, 0.05) is 4.90 Å². The summed E-state index contributed by atoms with van der Waals surface area (Å²) in [6.45, 7) is 1.67. The summed E-state index contributed by atoms with van der Waals surface area (Å²) in [5.74, 6) is 0.288. The van der Waals surface area contributed by atoms with Gasteiger partial charge in [0.05, 0.1) is 5.25 Å². The Morgan fingerprint density at radius 2 is 2.25 bits per heavy atom. The van der Waals surface area contributed by atoms with Crippen LogP contribution in [-0.2, 0) is 11.2 Å². The van der Waals surface area contributed by atoms with Gasteiger partial charge >= 0.3 is 0 Å². The lowest BCUT2D eigenvalue weighted by Gasteiger charge is -1.99. The highest BCUT2D eigenvalue weighted by Crippen LogP contribution is 2.36. The Hall–Kier alpha value is -0.760. The molecule has 0 fully saturated rings. The minimum Gasteiger partial charge on any atom is -0.299 e. The van der Waals surface area contributed by atoms with Gasteiger partial charge in [0.15, 0.2) is 0 Å². The van der Waals surface area contributed by atoms with E-state index in [2.05, 4.69) is 12.1 Å². The fourth-order valence-electron chi connectivity index (χ4n) is 1.41. The van der Waals surface area contributed by atoms with E-state index in [1.165, 1.54) is 10.5 Å². The molecule has 2 rings (SSSR count). The van der Waals surface area contributed by atoms with Gasteiger partial charge in [0.25, 0.3) is 0 Å². The fourth-order valence-corrected chi connectivity index (χ4v) is 2.60. The molecule has 1 nitrogen and oxygen atoms in total. The highest BCUT2D eigenvalue weighted by molar-refractivity contribution is 8.01. The predicted octanol–water partition coefficient (Wildman–Crippen LogP) is 2.29. The standard InChI is InChI=1S/C10H10OS/c1-7(11)10-6-8-4-2-3-5-9(8)12-10/h2-5,10H,6H2,1H3. The Morgan fingerprint density at radius 1 is 1.50 bits per heavy atom. The first kappa shape index (κ1) is 7.87. The van der Waals surface area contributed by atoms with Crippen LogP contribution in [0.2, 0.25) is 0 Å². The highest BCUT2D eigenvalue weighted by Gasteiger charge is 2.24. The van der Waals surface area contributed by atoms with E-state index in [1.54, 1.807) is 18.7 Å². The minimum absolute atomic E-state index is 0.169. The van der Waals surface area contributed by atoms with E-state index < -0.39 is 0 Å². The third-order valence-electron chi connectivity index (χ3n) is 2.10. The second kappa shape index (κ2) is 2.94. The van der Waals surface area contributed by atoms with Gasteiger partial charge in [-0.2, -0.15) is 0 Å². The molecule has 1 aliphatic heterocycles. The summed E-state index contributed by atoms with van der Waals surface area (Å²) in [5.41, 5.74) is 1.32. The molecule has 0 saturated carbocycles. The third-order valence-corrected chi connectivity index (χ3v) is 3.54. The molecule has 0 N–H and O–H groups in total. The lowest BCUT2D eigenvalue weighted by Crippen LogP contribution is -2.11. The largest absolute Gasteiger partial charge is 0.299 e. The molecule has 0 spiro atoms. The van der Waals surface area contributed by atoms with E-state index in [9.17, 15) is 4.79 Å². The second-order valence-corrected chi connectivity index (χ2v) is 4.27. The van der Waals surface area contributed by atoms with Crippen LogP contribution >= 0.6 is 11.8 Å². The Balaban J connectivity index is 2.27. The Morgan fingerprint density at radius 3 is 2.92 bits per heavy atom. The molecule has 0 bridgehead atoms. The van der Waals surface area contributed by atoms with Crippen molar-refractivity contribution in [2.75, 3.05) is 0 Å². The number of benzene rings is 1. The molecule has 12 heavy (non-hydrogen) atoms. The smallest absolute Gasteiger partial charge is 0.143 e. The topological polar surface area (TPSA) is 17.1 Å². The summed E-state index contributed by atoms with van der Waals surface area (Å²) in [6.07, 6.45) is 0.913. The SMILES string of the molecule is CC(=O)C1Cc2ccccc2S1. The number of rotatable bonds is 1. The molecule has 0 saturated heterocycles. The molecule has 1 unspecified atom stereocenters. The van der Waals surface area contributed by atoms with Crippen LogP contribution in [0.1, 0.15) is 12.5 Å². The van der Waals surface area contributed by atoms with Crippen molar-refractivity contribution >= 4 is 17.5 Å². The van der Waals surface area contributed by atoms with Crippen molar-refractivity contribution in [3.8, 4) is 0 Å². The number of Topliss-reactive ketones (excluding diaryl/α,β-unsaturated/α-hetero) is 1. The average molecular weight is 178 g/mol. The molecular weight excluding hydrogens is 168 g/mol. The van der Waals surface area contributed by atoms with Crippen molar-refractivity contribution in [2.24, 2.45) is 0 Å². The van der Waals surface area contributed by atoms with E-state index in [0.29, 0.717) is 0 Å². The van der Waals surface area contributed by atoms with E-state index in [-0.39, 0.29) is 11.0 Å². The maximum atomic E-state index is 11.1. The van der Waals surface area contributed by atoms with Crippen molar-refractivity contribution in [3.05, 3.63) is 29.8 Å². The second-order valence-electron chi connectivity index (χ2n) is 3.03. The number of fused-ring (bicyclic) bond motifs is 1. The molecular formula is C10H10OS. The van der Waals surface area contributed by atoms with Crippen molar-refractivity contribution < 1.29 is 4.79 Å². The van der Waals surface area contributed by atoms with Crippen molar-refractivity contribution in [2.45, 2.75) is 23.5 Å². The summed E-state index contributed by atoms with van der Waals surface area (Å²) < 4.78 is 0. The van der Waals surface area contributed by atoms with Crippen LogP contribution in [0.3, 0.4) is 0 Å². The van der Waals surface area contributed by atoms with Crippen LogP contribution in [0.15, 0.2) is 29.2 Å². The fraction of sp³-hybridized carbons (Fsp3) is 0.300. The maximum Gasteiger partial charge on any atom is 0.143 e. The van der Waals surface area contributed by atoms with Crippen LogP contribution in [-0.4, -0.2) is 11.0 Å². The highest BCUT2D eigenvalue weighted by atomic mass is 32.2. The van der Waals surface area contributed by atoms with E-state index in [4.69, 9.17) is 0 Å². The van der Waals surface area contributed by atoms with Crippen LogP contribution in [0, 0.1) is 0 Å². The van der Waals surface area contributed by atoms with Gasteiger partial charge in [-0.25, -0.2) is 0 Å². The van der Waals surface area contributed by atoms with Gasteiger partial charge < -0.3 is 0 Å². The van der Waals surface area contributed by atoms with Crippen LogP contribution in [0.4, 0.5) is 0 Å². The van der Waals surface area contributed by atoms with Crippen LogP contribution in [0.25, 0.3) is 0 Å². The molecule has 62 valence electrons. The van der Waals surface area contributed by atoms with E-state index in [1.807, 2.05) is 12.1 Å². The predicted molar refractivity (Wildman–Crippen MR) is 50.5 cm³/mol. The number of carbonyl (C=O) groups is 1. The zero-order valence-electron chi connectivity index (χ0n) is 6.91. The average Bonchev–Trinajstić information content (AvgIpc) is 2.46. The molecule has 0 aromatic heterocycles. The molecule has 2 heteroatoms. The normalized spacial score (nSPS) is 20.6. The first-order valence-electron chi connectivity index (χ1n) is 4.02. The summed E-state index contributed by atoms with van der Waals surface area (Å²) in [7, 11) is 0. The van der Waals surface area contributed by atoms with Gasteiger partial charge in [-0.3, -0.25) is 4.79 Å². The Bertz CT molecular complexity index is 294. The molecule has 1 aliphatic rings. The Labute approximate surface area is 76.2 Å². The van der Waals surface area contributed by atoms with Gasteiger partial charge in [-0.05, 0) is 25.0 Å². The van der Waals surface area contributed by atoms with Crippen molar-refractivity contribution in [3.63, 3.8) is 0 Å². The Kier molecular flexibility index (Phi) is 1.93. The number of thioether (sulfide) groups is 1. The maximum absolute atomic E-state index is 11.1. The van der Waals surface area contributed by atoms with E-state index >= 15 is 0 Å². The van der Waals surface area contributed by atoms with Gasteiger partial charge in [0.2, 0.25) is 0 Å². The number of carbonyl (C=O) groups excluding carboxylic acids is 1. The first-order valence-corrected chi connectivity index (χ1v) is 4.90. The molecule has 1 aromatic carbocycles. The zero-order valence-corrected chi connectivity index (χ0v) is 7.73. The molecule has 0 amide bonds. The monoisotopic (exact) mass is 178 g/mol. The van der Waals surface area contributed by atoms with Crippen molar-refractivity contribution in [1.82, 2.24) is 0 Å². The molecule has 1 heterocycles. The molecule has 1 aromatic rings. The lowest BCUT2D eigenvalue weighted by molar-refractivity contribution is -0.116. The quantitative estimate of drug-likeness (QED) is 0.656. The number of ketones is 1. The zero-order chi connectivity index (χ0) is 8.55. The van der Waals surface area contributed by atoms with Crippen LogP contribution in [0.5, 0.6) is 0 Å². The number of hydrogen-bond acceptors (Lipinski definition) is 2. The van der Waals surface area contributed by atoms with Gasteiger partial charge in [0.1, 0.15) is 5.78 Å².